The Morgan fingerprint density at radius 3 is 2.85 bits per heavy atom. The molecule has 10 heteroatoms. The highest BCUT2D eigenvalue weighted by molar-refractivity contribution is 5.76. The topological polar surface area (TPSA) is 103 Å². The SMILES string of the molecule is O=C(O)C(CCN(CCCCc1ccc2c(n1)NCCC2)C1CC1)Nc1cc(C(F)F)ncn1. The number of hydrogen-bond acceptors (Lipinski definition) is 7. The van der Waals surface area contributed by atoms with Crippen molar-refractivity contribution >= 4 is 17.6 Å². The van der Waals surface area contributed by atoms with Gasteiger partial charge in [-0.1, -0.05) is 6.07 Å². The Morgan fingerprint density at radius 2 is 2.09 bits per heavy atom. The van der Waals surface area contributed by atoms with Crippen molar-refractivity contribution in [2.75, 3.05) is 30.3 Å². The van der Waals surface area contributed by atoms with Gasteiger partial charge in [0, 0.05) is 30.9 Å². The number of alkyl halides is 2. The van der Waals surface area contributed by atoms with Gasteiger partial charge in [0.2, 0.25) is 0 Å². The van der Waals surface area contributed by atoms with E-state index in [2.05, 4.69) is 37.6 Å². The first kappa shape index (κ1) is 24.3. The average Bonchev–Trinajstić information content (AvgIpc) is 3.68. The molecule has 34 heavy (non-hydrogen) atoms. The molecule has 2 aromatic rings. The predicted octanol–water partition coefficient (Wildman–Crippen LogP) is 3.91. The summed E-state index contributed by atoms with van der Waals surface area (Å²) in [6, 6.07) is 5.00. The van der Waals surface area contributed by atoms with Crippen LogP contribution in [0.2, 0.25) is 0 Å². The largest absolute Gasteiger partial charge is 0.480 e. The predicted molar refractivity (Wildman–Crippen MR) is 125 cm³/mol. The van der Waals surface area contributed by atoms with Crippen LogP contribution in [0.4, 0.5) is 20.4 Å². The van der Waals surface area contributed by atoms with Gasteiger partial charge < -0.3 is 20.6 Å². The number of nitrogens with one attached hydrogen (secondary N) is 2. The number of pyridine rings is 1. The molecule has 3 heterocycles. The zero-order valence-electron chi connectivity index (χ0n) is 19.2. The summed E-state index contributed by atoms with van der Waals surface area (Å²) in [5.41, 5.74) is 1.98. The first-order valence-corrected chi connectivity index (χ1v) is 12.1. The number of anilines is 2. The van der Waals surface area contributed by atoms with Crippen LogP contribution in [0.3, 0.4) is 0 Å². The summed E-state index contributed by atoms with van der Waals surface area (Å²) in [4.78, 5) is 26.3. The minimum atomic E-state index is -2.73. The van der Waals surface area contributed by atoms with Crippen molar-refractivity contribution in [2.24, 2.45) is 0 Å². The monoisotopic (exact) mass is 474 g/mol. The Morgan fingerprint density at radius 1 is 1.24 bits per heavy atom. The molecule has 2 aromatic heterocycles. The number of rotatable bonds is 13. The first-order valence-electron chi connectivity index (χ1n) is 12.1. The Labute approximate surface area is 198 Å². The highest BCUT2D eigenvalue weighted by Crippen LogP contribution is 2.28. The normalized spacial score (nSPS) is 16.2. The van der Waals surface area contributed by atoms with E-state index in [-0.39, 0.29) is 5.82 Å². The fourth-order valence-corrected chi connectivity index (χ4v) is 4.35. The molecule has 1 fully saturated rings. The minimum Gasteiger partial charge on any atom is -0.480 e. The van der Waals surface area contributed by atoms with Crippen LogP contribution in [-0.4, -0.2) is 62.6 Å². The lowest BCUT2D eigenvalue weighted by Crippen LogP contribution is -2.36. The third kappa shape index (κ3) is 6.82. The van der Waals surface area contributed by atoms with E-state index in [1.54, 1.807) is 0 Å². The second-order valence-corrected chi connectivity index (χ2v) is 9.02. The number of aliphatic carboxylic acids is 1. The van der Waals surface area contributed by atoms with Crippen LogP contribution in [0.5, 0.6) is 0 Å². The molecule has 0 bridgehead atoms. The van der Waals surface area contributed by atoms with E-state index in [0.717, 1.165) is 81.9 Å². The molecule has 0 radical (unpaired) electrons. The summed E-state index contributed by atoms with van der Waals surface area (Å²) >= 11 is 0. The number of carbonyl (C=O) groups is 1. The van der Waals surface area contributed by atoms with Crippen LogP contribution >= 0.6 is 0 Å². The fraction of sp³-hybridized carbons (Fsp3) is 0.583. The van der Waals surface area contributed by atoms with Gasteiger partial charge in [-0.05, 0) is 69.5 Å². The van der Waals surface area contributed by atoms with Crippen molar-refractivity contribution < 1.29 is 18.7 Å². The number of aromatic nitrogens is 3. The quantitative estimate of drug-likeness (QED) is 0.376. The molecule has 1 aliphatic heterocycles. The van der Waals surface area contributed by atoms with Gasteiger partial charge in [0.15, 0.2) is 0 Å². The standard InChI is InChI=1S/C24H32F2N6O2/c25-22(26)20-14-21(29-15-28-20)31-19(24(33)34)10-13-32(18-8-9-18)12-2-1-5-17-7-6-16-4-3-11-27-23(16)30-17/h6-7,14-15,18-19,22H,1-5,8-13H2,(H,27,30)(H,33,34)(H,28,29,31). The molecule has 0 spiro atoms. The second-order valence-electron chi connectivity index (χ2n) is 9.02. The van der Waals surface area contributed by atoms with Gasteiger partial charge in [0.05, 0.1) is 0 Å². The van der Waals surface area contributed by atoms with Crippen molar-refractivity contribution in [3.63, 3.8) is 0 Å². The molecule has 0 saturated heterocycles. The average molecular weight is 475 g/mol. The van der Waals surface area contributed by atoms with Crippen LogP contribution in [0.25, 0.3) is 0 Å². The molecule has 1 unspecified atom stereocenters. The number of aryl methyl sites for hydroxylation is 2. The summed E-state index contributed by atoms with van der Waals surface area (Å²) in [6.07, 6.45) is 6.11. The van der Waals surface area contributed by atoms with Crippen LogP contribution in [0.1, 0.15) is 61.9 Å². The fourth-order valence-electron chi connectivity index (χ4n) is 4.35. The van der Waals surface area contributed by atoms with E-state index in [1.807, 2.05) is 0 Å². The highest BCUT2D eigenvalue weighted by atomic mass is 19.3. The number of nitrogens with zero attached hydrogens (tertiary/aromatic N) is 4. The molecule has 184 valence electrons. The van der Waals surface area contributed by atoms with E-state index in [9.17, 15) is 18.7 Å². The van der Waals surface area contributed by atoms with E-state index in [1.165, 1.54) is 5.56 Å². The van der Waals surface area contributed by atoms with E-state index in [0.29, 0.717) is 19.0 Å². The summed E-state index contributed by atoms with van der Waals surface area (Å²) in [5, 5.41) is 15.8. The molecule has 1 saturated carbocycles. The van der Waals surface area contributed by atoms with Gasteiger partial charge in [-0.15, -0.1) is 0 Å². The molecule has 1 atom stereocenters. The molecule has 2 aliphatic rings. The molecule has 4 rings (SSSR count). The maximum Gasteiger partial charge on any atom is 0.326 e. The van der Waals surface area contributed by atoms with Crippen molar-refractivity contribution in [1.82, 2.24) is 19.9 Å². The second kappa shape index (κ2) is 11.5. The lowest BCUT2D eigenvalue weighted by molar-refractivity contribution is -0.138. The maximum atomic E-state index is 12.9. The van der Waals surface area contributed by atoms with Crippen LogP contribution < -0.4 is 10.6 Å². The molecule has 8 nitrogen and oxygen atoms in total. The van der Waals surface area contributed by atoms with Crippen LogP contribution in [0.15, 0.2) is 24.5 Å². The van der Waals surface area contributed by atoms with Crippen LogP contribution in [-0.2, 0) is 17.6 Å². The van der Waals surface area contributed by atoms with Gasteiger partial charge in [0.1, 0.15) is 29.7 Å². The van der Waals surface area contributed by atoms with Crippen molar-refractivity contribution in [3.05, 3.63) is 41.5 Å². The summed E-state index contributed by atoms with van der Waals surface area (Å²) in [6.45, 7) is 2.52. The number of halogens is 2. The molecule has 1 aliphatic carbocycles. The van der Waals surface area contributed by atoms with Gasteiger partial charge in [-0.2, -0.15) is 0 Å². The molecular weight excluding hydrogens is 442 g/mol. The highest BCUT2D eigenvalue weighted by Gasteiger charge is 2.30. The Hall–Kier alpha value is -2.88. The van der Waals surface area contributed by atoms with Crippen LogP contribution in [0, 0.1) is 0 Å². The lowest BCUT2D eigenvalue weighted by atomic mass is 10.1. The summed E-state index contributed by atoms with van der Waals surface area (Å²) in [7, 11) is 0. The third-order valence-corrected chi connectivity index (χ3v) is 6.38. The van der Waals surface area contributed by atoms with E-state index >= 15 is 0 Å². The zero-order valence-corrected chi connectivity index (χ0v) is 19.2. The van der Waals surface area contributed by atoms with Crippen molar-refractivity contribution in [3.8, 4) is 0 Å². The molecule has 3 N–H and O–H groups in total. The Bertz CT molecular complexity index is 972. The lowest BCUT2D eigenvalue weighted by Gasteiger charge is -2.24. The van der Waals surface area contributed by atoms with Gasteiger partial charge in [-0.3, -0.25) is 0 Å². The number of unbranched alkanes of at least 4 members (excludes halogenated alkanes) is 1. The van der Waals surface area contributed by atoms with Gasteiger partial charge >= 0.3 is 5.97 Å². The maximum absolute atomic E-state index is 12.9. The number of fused-ring (bicyclic) bond motifs is 1. The number of hydrogen-bond donors (Lipinski definition) is 3. The smallest absolute Gasteiger partial charge is 0.326 e. The first-order chi connectivity index (χ1) is 16.5. The van der Waals surface area contributed by atoms with E-state index < -0.39 is 24.1 Å². The van der Waals surface area contributed by atoms with Gasteiger partial charge in [-0.25, -0.2) is 28.5 Å². The Balaban J connectivity index is 1.24. The van der Waals surface area contributed by atoms with Gasteiger partial charge in [0.25, 0.3) is 6.43 Å². The summed E-state index contributed by atoms with van der Waals surface area (Å²) in [5.74, 6) is 0.0997. The number of carboxylic acids is 1. The zero-order chi connectivity index (χ0) is 23.9. The Kier molecular flexibility index (Phi) is 8.21. The van der Waals surface area contributed by atoms with E-state index in [4.69, 9.17) is 4.98 Å². The van der Waals surface area contributed by atoms with Crippen molar-refractivity contribution in [1.29, 1.82) is 0 Å². The molecule has 0 aromatic carbocycles. The summed E-state index contributed by atoms with van der Waals surface area (Å²) < 4.78 is 25.8. The van der Waals surface area contributed by atoms with Crippen molar-refractivity contribution in [2.45, 2.75) is 69.9 Å². The molecular formula is C24H32F2N6O2. The third-order valence-electron chi connectivity index (χ3n) is 6.38. The minimum absolute atomic E-state index is 0.0997. The molecule has 0 amide bonds. The number of carboxylic acid groups (broad SMARTS) is 1.